The van der Waals surface area contributed by atoms with Gasteiger partial charge in [0.15, 0.2) is 0 Å². The molecule has 1 N–H and O–H groups in total. The fourth-order valence-electron chi connectivity index (χ4n) is 3.06. The second-order valence-corrected chi connectivity index (χ2v) is 5.78. The quantitative estimate of drug-likeness (QED) is 0.794. The summed E-state index contributed by atoms with van der Waals surface area (Å²) in [6, 6.07) is 18.9. The molecule has 2 aromatic carbocycles. The number of aromatic amines is 1. The van der Waals surface area contributed by atoms with E-state index in [0.29, 0.717) is 0 Å². The van der Waals surface area contributed by atoms with Crippen LogP contribution in [0.3, 0.4) is 0 Å². The monoisotopic (exact) mass is 289 g/mol. The van der Waals surface area contributed by atoms with Gasteiger partial charge in [0.2, 0.25) is 0 Å². The van der Waals surface area contributed by atoms with E-state index in [1.165, 1.54) is 11.1 Å². The van der Waals surface area contributed by atoms with Gasteiger partial charge in [0, 0.05) is 13.1 Å². The fourth-order valence-corrected chi connectivity index (χ4v) is 3.06. The van der Waals surface area contributed by atoms with Crippen LogP contribution in [0.25, 0.3) is 16.6 Å². The Balaban J connectivity index is 1.46. The number of fused-ring (bicyclic) bond motifs is 1. The van der Waals surface area contributed by atoms with Crippen molar-refractivity contribution in [1.82, 2.24) is 14.9 Å². The van der Waals surface area contributed by atoms with Crippen molar-refractivity contribution in [2.24, 2.45) is 0 Å². The third-order valence-corrected chi connectivity index (χ3v) is 4.25. The fraction of sp³-hybridized carbons (Fsp3) is 0.211. The summed E-state index contributed by atoms with van der Waals surface area (Å²) >= 11 is 0. The molecule has 0 saturated heterocycles. The largest absolute Gasteiger partial charge is 0.341 e. The Morgan fingerprint density at radius 1 is 1.00 bits per heavy atom. The van der Waals surface area contributed by atoms with Crippen molar-refractivity contribution in [3.8, 4) is 0 Å². The molecular formula is C19H19N3. The first kappa shape index (κ1) is 13.3. The van der Waals surface area contributed by atoms with Gasteiger partial charge in [-0.3, -0.25) is 4.90 Å². The highest BCUT2D eigenvalue weighted by atomic mass is 15.1. The minimum Gasteiger partial charge on any atom is -0.341 e. The molecule has 3 heteroatoms. The lowest BCUT2D eigenvalue weighted by Gasteiger charge is -2.25. The molecule has 0 fully saturated rings. The van der Waals surface area contributed by atoms with E-state index in [-0.39, 0.29) is 0 Å². The zero-order valence-electron chi connectivity index (χ0n) is 12.5. The third kappa shape index (κ3) is 2.68. The summed E-state index contributed by atoms with van der Waals surface area (Å²) in [6.07, 6.45) is 3.45. The Labute approximate surface area is 130 Å². The molecule has 1 aliphatic heterocycles. The Bertz CT molecular complexity index is 769. The summed E-state index contributed by atoms with van der Waals surface area (Å²) in [5.41, 5.74) is 4.98. The molecule has 0 saturated carbocycles. The predicted molar refractivity (Wildman–Crippen MR) is 90.4 cm³/mol. The van der Waals surface area contributed by atoms with Crippen LogP contribution < -0.4 is 0 Å². The standard InChI is InChI=1S/C19H19N3/c1-2-6-15(7-3-1)16-10-12-22(13-11-16)14-19-20-17-8-4-5-9-18(17)21-19/h1-10H,11-14H2,(H,20,21). The van der Waals surface area contributed by atoms with Crippen molar-refractivity contribution < 1.29 is 0 Å². The van der Waals surface area contributed by atoms with Crippen LogP contribution in [0, 0.1) is 0 Å². The molecule has 0 aliphatic carbocycles. The van der Waals surface area contributed by atoms with Crippen LogP contribution in [0.1, 0.15) is 17.8 Å². The molecule has 4 rings (SSSR count). The van der Waals surface area contributed by atoms with Gasteiger partial charge in [-0.25, -0.2) is 4.98 Å². The number of rotatable bonds is 3. The molecule has 0 bridgehead atoms. The number of hydrogen-bond donors (Lipinski definition) is 1. The van der Waals surface area contributed by atoms with Crippen molar-refractivity contribution >= 4 is 16.6 Å². The van der Waals surface area contributed by atoms with E-state index in [1.807, 2.05) is 12.1 Å². The maximum absolute atomic E-state index is 4.67. The highest BCUT2D eigenvalue weighted by Gasteiger charge is 2.14. The first-order valence-electron chi connectivity index (χ1n) is 7.79. The number of benzene rings is 2. The number of H-pyrrole nitrogens is 1. The zero-order valence-corrected chi connectivity index (χ0v) is 12.5. The molecule has 3 nitrogen and oxygen atoms in total. The smallest absolute Gasteiger partial charge is 0.121 e. The SMILES string of the molecule is C1=C(c2ccccc2)CCN(Cc2nc3ccccc3[nH]2)C1. The lowest BCUT2D eigenvalue weighted by atomic mass is 10.00. The average Bonchev–Trinajstić information content (AvgIpc) is 2.98. The average molecular weight is 289 g/mol. The molecule has 0 amide bonds. The summed E-state index contributed by atoms with van der Waals surface area (Å²) < 4.78 is 0. The predicted octanol–water partition coefficient (Wildman–Crippen LogP) is 3.85. The molecule has 3 aromatic rings. The van der Waals surface area contributed by atoms with E-state index in [0.717, 1.165) is 42.9 Å². The number of aromatic nitrogens is 2. The molecule has 0 unspecified atom stereocenters. The maximum Gasteiger partial charge on any atom is 0.121 e. The highest BCUT2D eigenvalue weighted by molar-refractivity contribution is 5.74. The van der Waals surface area contributed by atoms with Crippen LogP contribution in [-0.2, 0) is 6.54 Å². The van der Waals surface area contributed by atoms with E-state index in [2.05, 4.69) is 63.4 Å². The summed E-state index contributed by atoms with van der Waals surface area (Å²) in [5, 5.41) is 0. The van der Waals surface area contributed by atoms with Gasteiger partial charge in [-0.1, -0.05) is 48.5 Å². The van der Waals surface area contributed by atoms with Crippen LogP contribution in [0.4, 0.5) is 0 Å². The Morgan fingerprint density at radius 3 is 2.59 bits per heavy atom. The first-order valence-corrected chi connectivity index (χ1v) is 7.79. The number of nitrogens with zero attached hydrogens (tertiary/aromatic N) is 2. The van der Waals surface area contributed by atoms with Gasteiger partial charge in [0.25, 0.3) is 0 Å². The van der Waals surface area contributed by atoms with Crippen LogP contribution in [0.2, 0.25) is 0 Å². The number of para-hydroxylation sites is 2. The van der Waals surface area contributed by atoms with Crippen LogP contribution in [-0.4, -0.2) is 28.0 Å². The van der Waals surface area contributed by atoms with E-state index < -0.39 is 0 Å². The lowest BCUT2D eigenvalue weighted by Crippen LogP contribution is -2.28. The highest BCUT2D eigenvalue weighted by Crippen LogP contribution is 2.22. The lowest BCUT2D eigenvalue weighted by molar-refractivity contribution is 0.287. The van der Waals surface area contributed by atoms with Gasteiger partial charge in [0.1, 0.15) is 5.82 Å². The Morgan fingerprint density at radius 2 is 1.82 bits per heavy atom. The van der Waals surface area contributed by atoms with Gasteiger partial charge >= 0.3 is 0 Å². The van der Waals surface area contributed by atoms with Crippen LogP contribution in [0.15, 0.2) is 60.7 Å². The topological polar surface area (TPSA) is 31.9 Å². The number of imidazole rings is 1. The van der Waals surface area contributed by atoms with Gasteiger partial charge in [-0.05, 0) is 29.7 Å². The zero-order chi connectivity index (χ0) is 14.8. The molecule has 2 heterocycles. The second kappa shape index (κ2) is 5.78. The summed E-state index contributed by atoms with van der Waals surface area (Å²) in [5.74, 6) is 1.05. The van der Waals surface area contributed by atoms with Crippen LogP contribution >= 0.6 is 0 Å². The van der Waals surface area contributed by atoms with Crippen molar-refractivity contribution in [2.75, 3.05) is 13.1 Å². The first-order chi connectivity index (χ1) is 10.9. The van der Waals surface area contributed by atoms with Crippen molar-refractivity contribution in [3.05, 3.63) is 72.1 Å². The van der Waals surface area contributed by atoms with Crippen molar-refractivity contribution in [3.63, 3.8) is 0 Å². The summed E-state index contributed by atoms with van der Waals surface area (Å²) in [4.78, 5) is 10.5. The van der Waals surface area contributed by atoms with E-state index in [1.54, 1.807) is 0 Å². The number of hydrogen-bond acceptors (Lipinski definition) is 2. The normalized spacial score (nSPS) is 15.9. The van der Waals surface area contributed by atoms with Gasteiger partial charge < -0.3 is 4.98 Å². The van der Waals surface area contributed by atoms with E-state index >= 15 is 0 Å². The molecule has 0 atom stereocenters. The summed E-state index contributed by atoms with van der Waals surface area (Å²) in [6.45, 7) is 2.95. The molecule has 22 heavy (non-hydrogen) atoms. The molecule has 1 aliphatic rings. The minimum absolute atomic E-state index is 0.882. The second-order valence-electron chi connectivity index (χ2n) is 5.78. The van der Waals surface area contributed by atoms with E-state index in [4.69, 9.17) is 0 Å². The molecule has 110 valence electrons. The Hall–Kier alpha value is -2.39. The number of nitrogens with one attached hydrogen (secondary N) is 1. The van der Waals surface area contributed by atoms with Crippen LogP contribution in [0.5, 0.6) is 0 Å². The minimum atomic E-state index is 0.882. The van der Waals surface area contributed by atoms with E-state index in [9.17, 15) is 0 Å². The van der Waals surface area contributed by atoms with Gasteiger partial charge in [-0.15, -0.1) is 0 Å². The third-order valence-electron chi connectivity index (χ3n) is 4.25. The Kier molecular flexibility index (Phi) is 3.49. The molecule has 0 spiro atoms. The van der Waals surface area contributed by atoms with Crippen molar-refractivity contribution in [2.45, 2.75) is 13.0 Å². The van der Waals surface area contributed by atoms with Gasteiger partial charge in [-0.2, -0.15) is 0 Å². The molecule has 1 aromatic heterocycles. The molecule has 0 radical (unpaired) electrons. The maximum atomic E-state index is 4.67. The molecular weight excluding hydrogens is 270 g/mol. The summed E-state index contributed by atoms with van der Waals surface area (Å²) in [7, 11) is 0. The van der Waals surface area contributed by atoms with Gasteiger partial charge in [0.05, 0.1) is 17.6 Å². The van der Waals surface area contributed by atoms with Crippen molar-refractivity contribution in [1.29, 1.82) is 0 Å².